The molecule has 3 aromatic rings. The Balaban J connectivity index is 1.61. The summed E-state index contributed by atoms with van der Waals surface area (Å²) in [7, 11) is -1.46. The third kappa shape index (κ3) is 5.81. The standard InChI is InChI=1S/C26H18F12O4S/c27-23(28,29)21(39,24(30,31)32)12-41-14-5-8-16(9-6-14)43-19-4-2-1-3-17(19)18-11-15(7-10-20(18)43)42-13-22(40,25(33,34)35)26(36,37)38/h1-11,39-40,43H,12-13H2. The first-order chi connectivity index (χ1) is 19.6. The lowest BCUT2D eigenvalue weighted by Gasteiger charge is -2.32. The minimum absolute atomic E-state index is 0.377. The maximum Gasteiger partial charge on any atom is 0.429 e. The minimum atomic E-state index is -6.09. The van der Waals surface area contributed by atoms with Crippen molar-refractivity contribution in [3.05, 3.63) is 66.7 Å². The molecule has 17 heteroatoms. The van der Waals surface area contributed by atoms with Crippen LogP contribution in [0.4, 0.5) is 52.7 Å². The van der Waals surface area contributed by atoms with Crippen LogP contribution in [0.25, 0.3) is 11.1 Å². The molecule has 0 fully saturated rings. The third-order valence-electron chi connectivity index (χ3n) is 6.51. The van der Waals surface area contributed by atoms with E-state index in [1.165, 1.54) is 24.3 Å². The molecule has 1 heterocycles. The van der Waals surface area contributed by atoms with Gasteiger partial charge in [-0.25, -0.2) is 0 Å². The summed E-state index contributed by atoms with van der Waals surface area (Å²) >= 11 is 0. The molecule has 1 unspecified atom stereocenters. The van der Waals surface area contributed by atoms with Crippen LogP contribution in [0.1, 0.15) is 0 Å². The van der Waals surface area contributed by atoms with Crippen molar-refractivity contribution in [3.8, 4) is 22.6 Å². The SMILES string of the molecule is OC(COc1ccc([SH]2c3ccccc3-c3cc(OCC(O)(C(F)(F)F)C(F)(F)F)ccc32)cc1)(C(F)(F)F)C(F)(F)F. The molecule has 0 aromatic heterocycles. The Kier molecular flexibility index (Phi) is 8.11. The number of fused-ring (bicyclic) bond motifs is 3. The molecule has 0 aliphatic carbocycles. The van der Waals surface area contributed by atoms with Crippen molar-refractivity contribution in [2.75, 3.05) is 13.2 Å². The Morgan fingerprint density at radius 3 is 1.42 bits per heavy atom. The monoisotopic (exact) mass is 654 g/mol. The Morgan fingerprint density at radius 2 is 0.930 bits per heavy atom. The molecule has 4 nitrogen and oxygen atoms in total. The fraction of sp³-hybridized carbons (Fsp3) is 0.308. The van der Waals surface area contributed by atoms with E-state index >= 15 is 0 Å². The zero-order valence-electron chi connectivity index (χ0n) is 21.0. The number of benzene rings is 3. The molecule has 0 radical (unpaired) electrons. The van der Waals surface area contributed by atoms with Crippen molar-refractivity contribution in [3.63, 3.8) is 0 Å². The molecule has 0 amide bonds. The molecule has 0 saturated heterocycles. The lowest BCUT2D eigenvalue weighted by atomic mass is 10.0. The number of hydrogen-bond acceptors (Lipinski definition) is 4. The van der Waals surface area contributed by atoms with Crippen LogP contribution < -0.4 is 9.47 Å². The highest BCUT2D eigenvalue weighted by Gasteiger charge is 2.72. The number of ether oxygens (including phenoxy) is 2. The molecule has 0 saturated carbocycles. The Bertz CT molecular complexity index is 1440. The smallest absolute Gasteiger partial charge is 0.429 e. The van der Waals surface area contributed by atoms with Crippen LogP contribution in [-0.4, -0.2) is 59.3 Å². The van der Waals surface area contributed by atoms with E-state index in [-0.39, 0.29) is 0 Å². The molecule has 236 valence electrons. The number of hydrogen-bond donors (Lipinski definition) is 3. The van der Waals surface area contributed by atoms with Crippen LogP contribution in [0.3, 0.4) is 0 Å². The van der Waals surface area contributed by atoms with Gasteiger partial charge in [-0.15, -0.1) is 0 Å². The van der Waals surface area contributed by atoms with Gasteiger partial charge >= 0.3 is 24.7 Å². The van der Waals surface area contributed by atoms with Gasteiger partial charge in [0.05, 0.1) is 0 Å². The van der Waals surface area contributed by atoms with E-state index in [1.54, 1.807) is 24.3 Å². The topological polar surface area (TPSA) is 58.9 Å². The summed E-state index contributed by atoms with van der Waals surface area (Å²) in [6.07, 6.45) is -24.3. The molecule has 0 spiro atoms. The number of alkyl halides is 12. The van der Waals surface area contributed by atoms with Crippen molar-refractivity contribution >= 4 is 10.9 Å². The van der Waals surface area contributed by atoms with Gasteiger partial charge in [0.2, 0.25) is 0 Å². The highest BCUT2D eigenvalue weighted by Crippen LogP contribution is 2.63. The Hall–Kier alpha value is -3.31. The average molecular weight is 654 g/mol. The number of thiol groups is 1. The van der Waals surface area contributed by atoms with E-state index in [9.17, 15) is 62.9 Å². The molecule has 0 bridgehead atoms. The van der Waals surface area contributed by atoms with Crippen molar-refractivity contribution in [2.24, 2.45) is 0 Å². The summed E-state index contributed by atoms with van der Waals surface area (Å²) in [4.78, 5) is 1.74. The zero-order chi connectivity index (χ0) is 32.2. The van der Waals surface area contributed by atoms with E-state index in [0.29, 0.717) is 25.8 Å². The van der Waals surface area contributed by atoms with E-state index in [4.69, 9.17) is 4.74 Å². The number of aliphatic hydroxyl groups is 2. The quantitative estimate of drug-likeness (QED) is 0.142. The van der Waals surface area contributed by atoms with Gasteiger partial charge in [-0.3, -0.25) is 0 Å². The van der Waals surface area contributed by atoms with Crippen LogP contribution in [0.2, 0.25) is 0 Å². The second kappa shape index (κ2) is 10.7. The maximum atomic E-state index is 13.0. The molecule has 1 aliphatic rings. The molecule has 2 N–H and O–H groups in total. The molecule has 1 aliphatic heterocycles. The maximum absolute atomic E-state index is 13.0. The molecule has 43 heavy (non-hydrogen) atoms. The number of halogens is 12. The van der Waals surface area contributed by atoms with Gasteiger partial charge in [-0.05, 0) is 64.6 Å². The van der Waals surface area contributed by atoms with E-state index in [2.05, 4.69) is 4.74 Å². The van der Waals surface area contributed by atoms with Crippen LogP contribution >= 0.6 is 10.9 Å². The lowest BCUT2D eigenvalue weighted by molar-refractivity contribution is -0.374. The summed E-state index contributed by atoms with van der Waals surface area (Å²) in [5.41, 5.74) is -9.34. The first-order valence-corrected chi connectivity index (χ1v) is 13.1. The van der Waals surface area contributed by atoms with Gasteiger partial charge in [-0.2, -0.15) is 63.6 Å². The van der Waals surface area contributed by atoms with Crippen molar-refractivity contribution < 1.29 is 72.4 Å². The summed E-state index contributed by atoms with van der Waals surface area (Å²) in [5, 5.41) is 18.6. The largest absolute Gasteiger partial charge is 0.490 e. The minimum Gasteiger partial charge on any atom is -0.490 e. The molecule has 4 rings (SSSR count). The highest BCUT2D eigenvalue weighted by molar-refractivity contribution is 8.17. The predicted octanol–water partition coefficient (Wildman–Crippen LogP) is 7.61. The summed E-state index contributed by atoms with van der Waals surface area (Å²) in [6.45, 7) is -4.34. The summed E-state index contributed by atoms with van der Waals surface area (Å²) in [6, 6.07) is 15.1. The predicted molar refractivity (Wildman–Crippen MR) is 127 cm³/mol. The molecule has 1 atom stereocenters. The van der Waals surface area contributed by atoms with Crippen LogP contribution in [0.5, 0.6) is 11.5 Å². The second-order valence-corrected chi connectivity index (χ2v) is 11.5. The first-order valence-electron chi connectivity index (χ1n) is 11.7. The van der Waals surface area contributed by atoms with Gasteiger partial charge in [0.25, 0.3) is 11.2 Å². The van der Waals surface area contributed by atoms with Crippen LogP contribution in [-0.2, 0) is 0 Å². The summed E-state index contributed by atoms with van der Waals surface area (Å²) in [5.74, 6) is -0.841. The molecular formula is C26H18F12O4S. The van der Waals surface area contributed by atoms with Crippen LogP contribution in [0, 0.1) is 0 Å². The van der Waals surface area contributed by atoms with Gasteiger partial charge in [0.15, 0.2) is 0 Å². The first kappa shape index (κ1) is 32.6. The second-order valence-electron chi connectivity index (χ2n) is 9.31. The molecular weight excluding hydrogens is 636 g/mol. The normalized spacial score (nSPS) is 16.9. The average Bonchev–Trinajstić information content (AvgIpc) is 3.21. The molecule has 3 aromatic carbocycles. The van der Waals surface area contributed by atoms with Gasteiger partial charge < -0.3 is 19.7 Å². The van der Waals surface area contributed by atoms with Crippen molar-refractivity contribution in [1.82, 2.24) is 0 Å². The zero-order valence-corrected chi connectivity index (χ0v) is 21.9. The lowest BCUT2D eigenvalue weighted by Crippen LogP contribution is -2.60. The van der Waals surface area contributed by atoms with Gasteiger partial charge in [0, 0.05) is 9.79 Å². The highest BCUT2D eigenvalue weighted by atomic mass is 32.2. The van der Waals surface area contributed by atoms with E-state index in [0.717, 1.165) is 18.2 Å². The van der Waals surface area contributed by atoms with E-state index < -0.39 is 71.5 Å². The fourth-order valence-electron chi connectivity index (χ4n) is 4.04. The van der Waals surface area contributed by atoms with E-state index in [1.807, 2.05) is 0 Å². The third-order valence-corrected chi connectivity index (χ3v) is 9.07. The summed E-state index contributed by atoms with van der Waals surface area (Å²) < 4.78 is 165. The van der Waals surface area contributed by atoms with Gasteiger partial charge in [-0.1, -0.05) is 18.2 Å². The van der Waals surface area contributed by atoms with Crippen molar-refractivity contribution in [1.29, 1.82) is 0 Å². The van der Waals surface area contributed by atoms with Crippen molar-refractivity contribution in [2.45, 2.75) is 50.6 Å². The Labute approximate surface area is 236 Å². The Morgan fingerprint density at radius 1 is 0.512 bits per heavy atom. The van der Waals surface area contributed by atoms with Gasteiger partial charge in [0.1, 0.15) is 24.7 Å². The number of rotatable bonds is 7. The fourth-order valence-corrected chi connectivity index (χ4v) is 6.62. The van der Waals surface area contributed by atoms with Crippen LogP contribution in [0.15, 0.2) is 81.4 Å².